The van der Waals surface area contributed by atoms with Crippen molar-refractivity contribution in [2.45, 2.75) is 33.0 Å². The van der Waals surface area contributed by atoms with Gasteiger partial charge in [-0.05, 0) is 12.8 Å². The third-order valence-corrected chi connectivity index (χ3v) is 2.44. The zero-order valence-corrected chi connectivity index (χ0v) is 9.84. The molecule has 1 atom stereocenters. The lowest BCUT2D eigenvalue weighted by Crippen LogP contribution is -2.23. The van der Waals surface area contributed by atoms with Crippen LogP contribution in [0, 0.1) is 5.92 Å². The average Bonchev–Trinajstić information content (AvgIpc) is 2.15. The Morgan fingerprint density at radius 1 is 1.29 bits per heavy atom. The Kier molecular flexibility index (Phi) is 3.79. The molecule has 96 valence electrons. The molecule has 7 heteroatoms. The smallest absolute Gasteiger partial charge is 0.382 e. The van der Waals surface area contributed by atoms with Crippen LogP contribution in [0.4, 0.5) is 24.8 Å². The van der Waals surface area contributed by atoms with Gasteiger partial charge in [0.2, 0.25) is 0 Å². The van der Waals surface area contributed by atoms with Crippen molar-refractivity contribution in [1.29, 1.82) is 0 Å². The van der Waals surface area contributed by atoms with E-state index in [0.717, 1.165) is 6.20 Å². The van der Waals surface area contributed by atoms with Gasteiger partial charge in [0.05, 0.1) is 6.20 Å². The zero-order chi connectivity index (χ0) is 13.2. The van der Waals surface area contributed by atoms with Crippen LogP contribution in [0.5, 0.6) is 0 Å². The Morgan fingerprint density at radius 2 is 1.88 bits per heavy atom. The lowest BCUT2D eigenvalue weighted by Gasteiger charge is -2.18. The van der Waals surface area contributed by atoms with E-state index in [1.807, 2.05) is 20.8 Å². The maximum Gasteiger partial charge on any atom is 0.437 e. The summed E-state index contributed by atoms with van der Waals surface area (Å²) in [5.41, 5.74) is 4.07. The Morgan fingerprint density at radius 3 is 2.29 bits per heavy atom. The normalized spacial score (nSPS) is 13.8. The van der Waals surface area contributed by atoms with E-state index in [1.165, 1.54) is 0 Å². The van der Waals surface area contributed by atoms with Gasteiger partial charge in [0.25, 0.3) is 0 Å². The van der Waals surface area contributed by atoms with Gasteiger partial charge in [-0.3, -0.25) is 0 Å². The zero-order valence-electron chi connectivity index (χ0n) is 9.84. The van der Waals surface area contributed by atoms with E-state index in [0.29, 0.717) is 5.92 Å². The van der Waals surface area contributed by atoms with Gasteiger partial charge < -0.3 is 11.1 Å². The summed E-state index contributed by atoms with van der Waals surface area (Å²) >= 11 is 0. The average molecular weight is 248 g/mol. The van der Waals surface area contributed by atoms with Crippen molar-refractivity contribution in [3.05, 3.63) is 11.9 Å². The highest BCUT2D eigenvalue weighted by Crippen LogP contribution is 2.31. The standard InChI is InChI=1S/C10H15F3N4/c1-5(2)6(3)16-7-4-15-8(9(14)17-7)10(11,12)13/h4-6H,1-3H3,(H3,14,16,17). The van der Waals surface area contributed by atoms with Crippen molar-refractivity contribution in [1.82, 2.24) is 9.97 Å². The summed E-state index contributed by atoms with van der Waals surface area (Å²) in [5.74, 6) is -0.0459. The summed E-state index contributed by atoms with van der Waals surface area (Å²) in [6.07, 6.45) is -3.53. The Labute approximate surface area is 97.4 Å². The molecule has 0 radical (unpaired) electrons. The van der Waals surface area contributed by atoms with E-state index in [1.54, 1.807) is 0 Å². The molecule has 1 aromatic heterocycles. The van der Waals surface area contributed by atoms with Crippen molar-refractivity contribution in [2.24, 2.45) is 5.92 Å². The molecule has 0 spiro atoms. The first-order chi connectivity index (χ1) is 7.71. The third-order valence-electron chi connectivity index (χ3n) is 2.44. The van der Waals surface area contributed by atoms with E-state index in [2.05, 4.69) is 15.3 Å². The van der Waals surface area contributed by atoms with E-state index in [-0.39, 0.29) is 11.9 Å². The van der Waals surface area contributed by atoms with Crippen LogP contribution in [0.2, 0.25) is 0 Å². The number of halogens is 3. The largest absolute Gasteiger partial charge is 0.437 e. The minimum absolute atomic E-state index is 0.0698. The Bertz CT molecular complexity index is 390. The number of aromatic nitrogens is 2. The highest BCUT2D eigenvalue weighted by Gasteiger charge is 2.35. The van der Waals surface area contributed by atoms with Crippen LogP contribution in [0.15, 0.2) is 6.20 Å². The summed E-state index contributed by atoms with van der Waals surface area (Å²) in [6.45, 7) is 5.87. The first-order valence-corrected chi connectivity index (χ1v) is 5.18. The van der Waals surface area contributed by atoms with E-state index in [4.69, 9.17) is 5.73 Å². The van der Waals surface area contributed by atoms with Crippen LogP contribution in [0.1, 0.15) is 26.5 Å². The fourth-order valence-electron chi connectivity index (χ4n) is 1.09. The van der Waals surface area contributed by atoms with Gasteiger partial charge in [0.1, 0.15) is 5.82 Å². The minimum atomic E-state index is -4.57. The summed E-state index contributed by atoms with van der Waals surface area (Å²) in [7, 11) is 0. The molecule has 0 fully saturated rings. The lowest BCUT2D eigenvalue weighted by atomic mass is 10.1. The summed E-state index contributed by atoms with van der Waals surface area (Å²) in [5, 5.41) is 2.94. The van der Waals surface area contributed by atoms with Crippen LogP contribution < -0.4 is 11.1 Å². The number of nitrogen functional groups attached to an aromatic ring is 1. The van der Waals surface area contributed by atoms with Crippen molar-refractivity contribution < 1.29 is 13.2 Å². The molecular weight excluding hydrogens is 233 g/mol. The van der Waals surface area contributed by atoms with Crippen LogP contribution in [-0.4, -0.2) is 16.0 Å². The number of nitrogens with zero attached hydrogens (tertiary/aromatic N) is 2. The summed E-state index contributed by atoms with van der Waals surface area (Å²) in [4.78, 5) is 6.93. The molecule has 0 bridgehead atoms. The number of nitrogens with two attached hydrogens (primary N) is 1. The topological polar surface area (TPSA) is 63.8 Å². The number of alkyl halides is 3. The maximum absolute atomic E-state index is 12.4. The molecule has 17 heavy (non-hydrogen) atoms. The lowest BCUT2D eigenvalue weighted by molar-refractivity contribution is -0.140. The predicted molar refractivity (Wildman–Crippen MR) is 59.4 cm³/mol. The highest BCUT2D eigenvalue weighted by atomic mass is 19.4. The molecule has 1 rings (SSSR count). The van der Waals surface area contributed by atoms with Gasteiger partial charge in [0.15, 0.2) is 11.5 Å². The fourth-order valence-corrected chi connectivity index (χ4v) is 1.09. The number of hydrogen-bond donors (Lipinski definition) is 2. The second kappa shape index (κ2) is 4.77. The van der Waals surface area contributed by atoms with Crippen molar-refractivity contribution in [3.63, 3.8) is 0 Å². The van der Waals surface area contributed by atoms with E-state index >= 15 is 0 Å². The fraction of sp³-hybridized carbons (Fsp3) is 0.600. The molecule has 0 amide bonds. The number of hydrogen-bond acceptors (Lipinski definition) is 4. The molecule has 0 saturated heterocycles. The van der Waals surface area contributed by atoms with Crippen molar-refractivity contribution in [3.8, 4) is 0 Å². The monoisotopic (exact) mass is 248 g/mol. The maximum atomic E-state index is 12.4. The van der Waals surface area contributed by atoms with Crippen molar-refractivity contribution in [2.75, 3.05) is 11.1 Å². The van der Waals surface area contributed by atoms with Crippen LogP contribution in [0.25, 0.3) is 0 Å². The Balaban J connectivity index is 2.90. The predicted octanol–water partition coefficient (Wildman–Crippen LogP) is 2.53. The van der Waals surface area contributed by atoms with E-state index in [9.17, 15) is 13.2 Å². The van der Waals surface area contributed by atoms with Gasteiger partial charge in [-0.25, -0.2) is 9.97 Å². The van der Waals surface area contributed by atoms with Crippen LogP contribution in [-0.2, 0) is 6.18 Å². The van der Waals surface area contributed by atoms with Gasteiger partial charge in [0, 0.05) is 6.04 Å². The van der Waals surface area contributed by atoms with Crippen LogP contribution in [0.3, 0.4) is 0 Å². The molecular formula is C10H15F3N4. The van der Waals surface area contributed by atoms with E-state index < -0.39 is 17.7 Å². The third kappa shape index (κ3) is 3.47. The molecule has 0 aliphatic heterocycles. The first-order valence-electron chi connectivity index (χ1n) is 5.18. The quantitative estimate of drug-likeness (QED) is 0.862. The number of rotatable bonds is 3. The summed E-state index contributed by atoms with van der Waals surface area (Å²) in [6, 6.07) is 0.0698. The molecule has 0 aliphatic rings. The van der Waals surface area contributed by atoms with Gasteiger partial charge >= 0.3 is 6.18 Å². The molecule has 0 aliphatic carbocycles. The molecule has 4 nitrogen and oxygen atoms in total. The van der Waals surface area contributed by atoms with Crippen molar-refractivity contribution >= 4 is 11.6 Å². The molecule has 1 heterocycles. The van der Waals surface area contributed by atoms with Crippen LogP contribution >= 0.6 is 0 Å². The van der Waals surface area contributed by atoms with Gasteiger partial charge in [-0.15, -0.1) is 0 Å². The van der Waals surface area contributed by atoms with Gasteiger partial charge in [-0.2, -0.15) is 13.2 Å². The summed E-state index contributed by atoms with van der Waals surface area (Å²) < 4.78 is 37.1. The Hall–Kier alpha value is -1.53. The SMILES string of the molecule is CC(C)C(C)Nc1cnc(C(F)(F)F)c(N)n1. The highest BCUT2D eigenvalue weighted by molar-refractivity contribution is 5.45. The number of anilines is 2. The minimum Gasteiger partial charge on any atom is -0.382 e. The van der Waals surface area contributed by atoms with Gasteiger partial charge in [-0.1, -0.05) is 13.8 Å². The number of nitrogens with one attached hydrogen (secondary N) is 1. The molecule has 3 N–H and O–H groups in total. The second-order valence-electron chi connectivity index (χ2n) is 4.16. The molecule has 0 saturated carbocycles. The molecule has 1 aromatic rings. The molecule has 0 aromatic carbocycles. The first kappa shape index (κ1) is 13.5. The molecule has 1 unspecified atom stereocenters. The second-order valence-corrected chi connectivity index (χ2v) is 4.16.